The standard InChI is InChI=1S/C23H44O4Si/c1-11-12-13-14-18(2)17-19(3)21(25)23(7,8)16-15-20(24)26-28(9,10)27-22(4,5)6/h11,18-19H,1,12-17H2,2-10H3. The molecule has 0 rings (SSSR count). The minimum absolute atomic E-state index is 0.000193. The first-order valence-electron chi connectivity index (χ1n) is 10.7. The summed E-state index contributed by atoms with van der Waals surface area (Å²) in [4.78, 5) is 25.3. The Morgan fingerprint density at radius 1 is 1.11 bits per heavy atom. The van der Waals surface area contributed by atoms with Gasteiger partial charge in [-0.15, -0.1) is 6.58 Å². The van der Waals surface area contributed by atoms with E-state index in [9.17, 15) is 9.59 Å². The molecule has 2 unspecified atom stereocenters. The maximum Gasteiger partial charge on any atom is 0.395 e. The molecule has 0 aromatic carbocycles. The summed E-state index contributed by atoms with van der Waals surface area (Å²) in [5.41, 5.74) is -0.876. The molecule has 0 aliphatic rings. The normalized spacial score (nSPS) is 15.0. The second-order valence-corrected chi connectivity index (χ2v) is 13.5. The number of allylic oxidation sites excluding steroid dienone is 1. The van der Waals surface area contributed by atoms with Gasteiger partial charge in [0.15, 0.2) is 0 Å². The lowest BCUT2D eigenvalue weighted by atomic mass is 9.76. The van der Waals surface area contributed by atoms with Crippen LogP contribution in [0.1, 0.15) is 87.0 Å². The van der Waals surface area contributed by atoms with E-state index in [1.54, 1.807) is 0 Å². The summed E-state index contributed by atoms with van der Waals surface area (Å²) in [5.74, 6) is 0.478. The number of hydrogen-bond acceptors (Lipinski definition) is 4. The van der Waals surface area contributed by atoms with E-state index >= 15 is 0 Å². The van der Waals surface area contributed by atoms with Gasteiger partial charge in [-0.3, -0.25) is 9.59 Å². The van der Waals surface area contributed by atoms with Crippen LogP contribution in [-0.4, -0.2) is 25.9 Å². The van der Waals surface area contributed by atoms with Crippen molar-refractivity contribution in [3.63, 3.8) is 0 Å². The molecule has 0 heterocycles. The lowest BCUT2D eigenvalue weighted by molar-refractivity contribution is -0.139. The molecule has 2 atom stereocenters. The van der Waals surface area contributed by atoms with Gasteiger partial charge in [-0.2, -0.15) is 0 Å². The van der Waals surface area contributed by atoms with Crippen molar-refractivity contribution in [2.45, 2.75) is 106 Å². The zero-order valence-electron chi connectivity index (χ0n) is 19.8. The topological polar surface area (TPSA) is 52.6 Å². The van der Waals surface area contributed by atoms with Crippen molar-refractivity contribution in [1.29, 1.82) is 0 Å². The first-order valence-corrected chi connectivity index (χ1v) is 13.5. The second kappa shape index (κ2) is 11.3. The average molecular weight is 413 g/mol. The van der Waals surface area contributed by atoms with E-state index in [2.05, 4.69) is 13.5 Å². The lowest BCUT2D eigenvalue weighted by Crippen LogP contribution is -2.43. The molecule has 0 saturated carbocycles. The van der Waals surface area contributed by atoms with Crippen molar-refractivity contribution in [3.05, 3.63) is 12.7 Å². The van der Waals surface area contributed by atoms with Crippen molar-refractivity contribution in [1.82, 2.24) is 0 Å². The van der Waals surface area contributed by atoms with Gasteiger partial charge in [0.2, 0.25) is 0 Å². The van der Waals surface area contributed by atoms with Gasteiger partial charge in [-0.1, -0.05) is 40.2 Å². The van der Waals surface area contributed by atoms with Crippen molar-refractivity contribution in [2.75, 3.05) is 0 Å². The molecule has 0 aliphatic heterocycles. The molecule has 0 fully saturated rings. The average Bonchev–Trinajstić information content (AvgIpc) is 2.49. The van der Waals surface area contributed by atoms with Gasteiger partial charge in [-0.05, 0) is 65.5 Å². The molecule has 28 heavy (non-hydrogen) atoms. The molecule has 164 valence electrons. The van der Waals surface area contributed by atoms with E-state index in [1.165, 1.54) is 0 Å². The molecule has 0 aliphatic carbocycles. The molecule has 0 amide bonds. The van der Waals surface area contributed by atoms with Gasteiger partial charge in [0.05, 0.1) is 5.60 Å². The first-order chi connectivity index (χ1) is 12.6. The number of rotatable bonds is 13. The summed E-state index contributed by atoms with van der Waals surface area (Å²) in [6.07, 6.45) is 6.84. The van der Waals surface area contributed by atoms with Gasteiger partial charge in [0, 0.05) is 17.8 Å². The summed E-state index contributed by atoms with van der Waals surface area (Å²) in [5, 5.41) is 0. The minimum Gasteiger partial charge on any atom is -0.494 e. The van der Waals surface area contributed by atoms with Crippen molar-refractivity contribution in [2.24, 2.45) is 17.3 Å². The highest BCUT2D eigenvalue weighted by Crippen LogP contribution is 2.31. The molecule has 5 heteroatoms. The highest BCUT2D eigenvalue weighted by Gasteiger charge is 2.36. The van der Waals surface area contributed by atoms with Crippen LogP contribution in [0.15, 0.2) is 12.7 Å². The quantitative estimate of drug-likeness (QED) is 0.198. The Bertz CT molecular complexity index is 517. The highest BCUT2D eigenvalue weighted by molar-refractivity contribution is 6.66. The smallest absolute Gasteiger partial charge is 0.395 e. The van der Waals surface area contributed by atoms with Crippen LogP contribution < -0.4 is 0 Å². The predicted molar refractivity (Wildman–Crippen MR) is 119 cm³/mol. The van der Waals surface area contributed by atoms with Crippen molar-refractivity contribution in [3.8, 4) is 0 Å². The number of Topliss-reactive ketones (excluding diaryl/α,β-unsaturated/α-hetero) is 1. The van der Waals surface area contributed by atoms with Crippen LogP contribution in [0.5, 0.6) is 0 Å². The van der Waals surface area contributed by atoms with Crippen LogP contribution in [0.2, 0.25) is 13.1 Å². The Morgan fingerprint density at radius 2 is 1.68 bits per heavy atom. The number of ketones is 1. The van der Waals surface area contributed by atoms with E-state index in [-0.39, 0.29) is 29.7 Å². The third-order valence-electron chi connectivity index (χ3n) is 4.84. The Balaban J connectivity index is 4.58. The molecule has 0 bridgehead atoms. The van der Waals surface area contributed by atoms with Crippen LogP contribution >= 0.6 is 0 Å². The summed E-state index contributed by atoms with van der Waals surface area (Å²) >= 11 is 0. The van der Waals surface area contributed by atoms with Crippen LogP contribution in [0.3, 0.4) is 0 Å². The SMILES string of the molecule is C=CCCCC(C)CC(C)C(=O)C(C)(C)CCC(=O)O[Si](C)(C)OC(C)(C)C. The van der Waals surface area contributed by atoms with Crippen LogP contribution in [-0.2, 0) is 18.4 Å². The number of unbranched alkanes of at least 4 members (excludes halogenated alkanes) is 1. The summed E-state index contributed by atoms with van der Waals surface area (Å²) in [6, 6.07) is 0. The van der Waals surface area contributed by atoms with Gasteiger partial charge in [0.1, 0.15) is 5.78 Å². The molecule has 0 radical (unpaired) electrons. The Labute approximate surface area is 174 Å². The molecule has 0 aromatic rings. The molecule has 0 aromatic heterocycles. The van der Waals surface area contributed by atoms with Crippen molar-refractivity contribution < 1.29 is 18.4 Å². The fraction of sp³-hybridized carbons (Fsp3) is 0.826. The van der Waals surface area contributed by atoms with Crippen LogP contribution in [0.25, 0.3) is 0 Å². The van der Waals surface area contributed by atoms with E-state index in [1.807, 2.05) is 60.7 Å². The van der Waals surface area contributed by atoms with Gasteiger partial charge in [0.25, 0.3) is 5.97 Å². The largest absolute Gasteiger partial charge is 0.494 e. The van der Waals surface area contributed by atoms with Crippen molar-refractivity contribution >= 4 is 20.3 Å². The maximum absolute atomic E-state index is 12.9. The molecule has 0 N–H and O–H groups in total. The van der Waals surface area contributed by atoms with Gasteiger partial charge < -0.3 is 8.85 Å². The Hall–Kier alpha value is -0.943. The minimum atomic E-state index is -2.53. The van der Waals surface area contributed by atoms with Crippen LogP contribution in [0, 0.1) is 17.3 Å². The van der Waals surface area contributed by atoms with E-state index in [4.69, 9.17) is 8.85 Å². The molecular formula is C23H44O4Si. The lowest BCUT2D eigenvalue weighted by Gasteiger charge is -2.32. The predicted octanol–water partition coefficient (Wildman–Crippen LogP) is 6.44. The summed E-state index contributed by atoms with van der Waals surface area (Å²) < 4.78 is 11.5. The second-order valence-electron chi connectivity index (χ2n) is 10.3. The first kappa shape index (κ1) is 27.1. The molecule has 0 saturated heterocycles. The maximum atomic E-state index is 12.9. The zero-order valence-corrected chi connectivity index (χ0v) is 20.8. The molecule has 0 spiro atoms. The van der Waals surface area contributed by atoms with Gasteiger partial charge in [-0.25, -0.2) is 0 Å². The summed E-state index contributed by atoms with van der Waals surface area (Å²) in [6.45, 7) is 21.5. The molecular weight excluding hydrogens is 368 g/mol. The van der Waals surface area contributed by atoms with E-state index < -0.39 is 14.0 Å². The zero-order chi connectivity index (χ0) is 22.2. The van der Waals surface area contributed by atoms with Gasteiger partial charge >= 0.3 is 8.56 Å². The van der Waals surface area contributed by atoms with E-state index in [0.717, 1.165) is 25.7 Å². The monoisotopic (exact) mass is 412 g/mol. The third kappa shape index (κ3) is 11.8. The Kier molecular flexibility index (Phi) is 10.9. The highest BCUT2D eigenvalue weighted by atomic mass is 28.4. The number of hydrogen-bond donors (Lipinski definition) is 0. The fourth-order valence-electron chi connectivity index (χ4n) is 3.73. The van der Waals surface area contributed by atoms with Crippen LogP contribution in [0.4, 0.5) is 0 Å². The molecule has 4 nitrogen and oxygen atoms in total. The number of carbonyl (C=O) groups is 2. The summed E-state index contributed by atoms with van der Waals surface area (Å²) in [7, 11) is -2.53. The van der Waals surface area contributed by atoms with E-state index in [0.29, 0.717) is 12.3 Å². The number of carbonyl (C=O) groups excluding carboxylic acids is 2. The fourth-order valence-corrected chi connectivity index (χ4v) is 5.89. The Morgan fingerprint density at radius 3 is 2.18 bits per heavy atom. The third-order valence-corrected chi connectivity index (χ3v) is 6.66.